The Morgan fingerprint density at radius 1 is 1.22 bits per heavy atom. The van der Waals surface area contributed by atoms with E-state index in [1.54, 1.807) is 42.5 Å². The van der Waals surface area contributed by atoms with E-state index in [-0.39, 0.29) is 5.57 Å². The smallest absolute Gasteiger partial charge is 0.267 e. The zero-order valence-electron chi connectivity index (χ0n) is 11.8. The Morgan fingerprint density at radius 3 is 2.65 bits per heavy atom. The van der Waals surface area contributed by atoms with Gasteiger partial charge in [-0.3, -0.25) is 4.79 Å². The molecule has 0 bridgehead atoms. The lowest BCUT2D eigenvalue weighted by Crippen LogP contribution is -2.14. The van der Waals surface area contributed by atoms with Crippen molar-refractivity contribution in [3.8, 4) is 6.07 Å². The van der Waals surface area contributed by atoms with Gasteiger partial charge in [0.25, 0.3) is 5.91 Å². The normalized spacial score (nSPS) is 10.7. The van der Waals surface area contributed by atoms with Crippen molar-refractivity contribution in [3.05, 3.63) is 64.3 Å². The molecule has 23 heavy (non-hydrogen) atoms. The number of hydrogen-bond acceptors (Lipinski definition) is 4. The topological polar surface area (TPSA) is 90.9 Å². The molecule has 116 valence electrons. The number of benzene rings is 2. The third-order valence-electron chi connectivity index (χ3n) is 2.81. The first-order valence-corrected chi connectivity index (χ1v) is 7.24. The molecule has 0 spiro atoms. The summed E-state index contributed by atoms with van der Waals surface area (Å²) >= 11 is 11.9. The number of nitriles is 1. The van der Waals surface area contributed by atoms with Gasteiger partial charge in [-0.05, 0) is 36.4 Å². The summed E-state index contributed by atoms with van der Waals surface area (Å²) in [6.45, 7) is 0. The summed E-state index contributed by atoms with van der Waals surface area (Å²) in [5.74, 6) is -0.561. The van der Waals surface area contributed by atoms with E-state index >= 15 is 0 Å². The van der Waals surface area contributed by atoms with Gasteiger partial charge in [-0.2, -0.15) is 5.26 Å². The summed E-state index contributed by atoms with van der Waals surface area (Å²) in [6.07, 6.45) is 1.28. The van der Waals surface area contributed by atoms with Crippen LogP contribution in [0.4, 0.5) is 17.1 Å². The molecule has 4 N–H and O–H groups in total. The number of amides is 1. The van der Waals surface area contributed by atoms with Crippen LogP contribution >= 0.6 is 23.2 Å². The van der Waals surface area contributed by atoms with E-state index in [4.69, 9.17) is 34.2 Å². The van der Waals surface area contributed by atoms with Crippen LogP contribution in [0.2, 0.25) is 10.0 Å². The molecule has 0 aromatic heterocycles. The maximum Gasteiger partial charge on any atom is 0.267 e. The van der Waals surface area contributed by atoms with Gasteiger partial charge in [0, 0.05) is 22.6 Å². The van der Waals surface area contributed by atoms with Gasteiger partial charge in [0.15, 0.2) is 0 Å². The Balaban J connectivity index is 2.12. The number of halogens is 2. The fourth-order valence-electron chi connectivity index (χ4n) is 1.71. The quantitative estimate of drug-likeness (QED) is 0.442. The van der Waals surface area contributed by atoms with Crippen LogP contribution in [-0.2, 0) is 4.79 Å². The molecule has 0 aliphatic heterocycles. The first-order valence-electron chi connectivity index (χ1n) is 6.48. The van der Waals surface area contributed by atoms with E-state index in [9.17, 15) is 4.79 Å². The number of anilines is 3. The minimum Gasteiger partial charge on any atom is -0.399 e. The summed E-state index contributed by atoms with van der Waals surface area (Å²) < 4.78 is 0. The predicted molar refractivity (Wildman–Crippen MR) is 93.3 cm³/mol. The molecule has 2 aromatic carbocycles. The molecule has 7 heteroatoms. The van der Waals surface area contributed by atoms with Crippen molar-refractivity contribution in [2.24, 2.45) is 0 Å². The van der Waals surface area contributed by atoms with Crippen LogP contribution in [0.3, 0.4) is 0 Å². The highest BCUT2D eigenvalue weighted by Crippen LogP contribution is 2.24. The van der Waals surface area contributed by atoms with E-state index < -0.39 is 5.91 Å². The molecule has 0 atom stereocenters. The monoisotopic (exact) mass is 346 g/mol. The van der Waals surface area contributed by atoms with Crippen LogP contribution in [0.1, 0.15) is 0 Å². The van der Waals surface area contributed by atoms with E-state index in [0.29, 0.717) is 27.1 Å². The molecular weight excluding hydrogens is 335 g/mol. The first-order chi connectivity index (χ1) is 11.0. The Kier molecular flexibility index (Phi) is 5.47. The van der Waals surface area contributed by atoms with Gasteiger partial charge in [0.1, 0.15) is 11.6 Å². The Hall–Kier alpha value is -2.68. The highest BCUT2D eigenvalue weighted by atomic mass is 35.5. The molecule has 2 aromatic rings. The molecule has 2 rings (SSSR count). The van der Waals surface area contributed by atoms with Crippen molar-refractivity contribution in [2.45, 2.75) is 0 Å². The van der Waals surface area contributed by atoms with E-state index in [1.165, 1.54) is 6.20 Å². The van der Waals surface area contributed by atoms with Gasteiger partial charge in [-0.15, -0.1) is 0 Å². The van der Waals surface area contributed by atoms with Crippen molar-refractivity contribution in [2.75, 3.05) is 16.4 Å². The highest BCUT2D eigenvalue weighted by Gasteiger charge is 2.10. The van der Waals surface area contributed by atoms with Crippen molar-refractivity contribution < 1.29 is 4.79 Å². The summed E-state index contributed by atoms with van der Waals surface area (Å²) in [4.78, 5) is 12.1. The highest BCUT2D eigenvalue weighted by molar-refractivity contribution is 6.33. The predicted octanol–water partition coefficient (Wildman–Crippen LogP) is 4.03. The van der Waals surface area contributed by atoms with Crippen molar-refractivity contribution >= 4 is 46.2 Å². The molecule has 0 aliphatic rings. The Bertz CT molecular complexity index is 812. The summed E-state index contributed by atoms with van der Waals surface area (Å²) in [6, 6.07) is 13.3. The van der Waals surface area contributed by atoms with Gasteiger partial charge in [-0.1, -0.05) is 29.3 Å². The second-order valence-electron chi connectivity index (χ2n) is 4.52. The number of carbonyl (C=O) groups is 1. The average Bonchev–Trinajstić information content (AvgIpc) is 2.49. The van der Waals surface area contributed by atoms with Gasteiger partial charge >= 0.3 is 0 Å². The van der Waals surface area contributed by atoms with Crippen LogP contribution in [0.25, 0.3) is 0 Å². The number of nitrogen functional groups attached to an aromatic ring is 1. The number of nitrogens with zero attached hydrogens (tertiary/aromatic N) is 1. The van der Waals surface area contributed by atoms with E-state index in [2.05, 4.69) is 10.6 Å². The Morgan fingerprint density at radius 2 is 2.00 bits per heavy atom. The molecule has 0 heterocycles. The Labute approximate surface area is 143 Å². The van der Waals surface area contributed by atoms with Crippen LogP contribution in [0.5, 0.6) is 0 Å². The van der Waals surface area contributed by atoms with E-state index in [0.717, 1.165) is 0 Å². The minimum absolute atomic E-state index is 0.113. The average molecular weight is 347 g/mol. The van der Waals surface area contributed by atoms with Gasteiger partial charge in [0.05, 0.1) is 10.7 Å². The SMILES string of the molecule is N#C/C(=C/Nc1ccc(N)cc1Cl)C(=O)Nc1cccc(Cl)c1. The fraction of sp³-hybridized carbons (Fsp3) is 0. The standard InChI is InChI=1S/C16H12Cl2N4O/c17-11-2-1-3-13(6-11)22-16(23)10(8-19)9-21-15-5-4-12(20)7-14(15)18/h1-7,9,21H,20H2,(H,22,23)/b10-9-. The molecule has 0 saturated heterocycles. The maximum atomic E-state index is 12.1. The van der Waals surface area contributed by atoms with Crippen LogP contribution in [-0.4, -0.2) is 5.91 Å². The van der Waals surface area contributed by atoms with Gasteiger partial charge in [-0.25, -0.2) is 0 Å². The summed E-state index contributed by atoms with van der Waals surface area (Å²) in [5.41, 5.74) is 7.03. The van der Waals surface area contributed by atoms with Crippen LogP contribution in [0.15, 0.2) is 54.2 Å². The molecule has 0 saturated carbocycles. The van der Waals surface area contributed by atoms with Crippen LogP contribution < -0.4 is 16.4 Å². The molecule has 1 amide bonds. The first kappa shape index (κ1) is 16.7. The summed E-state index contributed by atoms with van der Waals surface area (Å²) in [5, 5.41) is 15.4. The lowest BCUT2D eigenvalue weighted by Gasteiger charge is -2.07. The largest absolute Gasteiger partial charge is 0.399 e. The molecule has 0 radical (unpaired) electrons. The molecule has 0 unspecified atom stereocenters. The molecule has 0 aliphatic carbocycles. The zero-order chi connectivity index (χ0) is 16.8. The molecule has 5 nitrogen and oxygen atoms in total. The lowest BCUT2D eigenvalue weighted by molar-refractivity contribution is -0.112. The number of nitrogens with one attached hydrogen (secondary N) is 2. The zero-order valence-corrected chi connectivity index (χ0v) is 13.3. The van der Waals surface area contributed by atoms with E-state index in [1.807, 2.05) is 6.07 Å². The van der Waals surface area contributed by atoms with Crippen molar-refractivity contribution in [3.63, 3.8) is 0 Å². The lowest BCUT2D eigenvalue weighted by atomic mass is 10.2. The molecule has 0 fully saturated rings. The second-order valence-corrected chi connectivity index (χ2v) is 5.36. The number of carbonyl (C=O) groups excluding carboxylic acids is 1. The van der Waals surface area contributed by atoms with Crippen molar-refractivity contribution in [1.82, 2.24) is 0 Å². The number of hydrogen-bond donors (Lipinski definition) is 3. The third kappa shape index (κ3) is 4.65. The minimum atomic E-state index is -0.561. The summed E-state index contributed by atoms with van der Waals surface area (Å²) in [7, 11) is 0. The number of nitrogens with two attached hydrogens (primary N) is 1. The number of rotatable bonds is 4. The fourth-order valence-corrected chi connectivity index (χ4v) is 2.15. The third-order valence-corrected chi connectivity index (χ3v) is 3.36. The molecular formula is C16H12Cl2N4O. The van der Waals surface area contributed by atoms with Crippen molar-refractivity contribution in [1.29, 1.82) is 5.26 Å². The second kappa shape index (κ2) is 7.54. The van der Waals surface area contributed by atoms with Gasteiger partial charge in [0.2, 0.25) is 0 Å². The van der Waals surface area contributed by atoms with Crippen LogP contribution in [0, 0.1) is 11.3 Å². The van der Waals surface area contributed by atoms with Gasteiger partial charge < -0.3 is 16.4 Å². The maximum absolute atomic E-state index is 12.1.